The van der Waals surface area contributed by atoms with E-state index in [9.17, 15) is 28.0 Å². The molecular weight excluding hydrogens is 668 g/mol. The minimum Gasteiger partial charge on any atom is -0.445 e. The van der Waals surface area contributed by atoms with Gasteiger partial charge >= 0.3 is 6.09 Å². The van der Waals surface area contributed by atoms with E-state index in [1.54, 1.807) is 17.2 Å². The van der Waals surface area contributed by atoms with E-state index in [1.165, 1.54) is 17.0 Å². The third-order valence-corrected chi connectivity index (χ3v) is 11.2. The molecular formula is C40H37F2N5O5. The third kappa shape index (κ3) is 6.05. The summed E-state index contributed by atoms with van der Waals surface area (Å²) in [7, 11) is 0. The van der Waals surface area contributed by atoms with Crippen LogP contribution in [0.2, 0.25) is 0 Å². The van der Waals surface area contributed by atoms with E-state index >= 15 is 0 Å². The molecule has 8 rings (SSSR count). The number of anilines is 2. The fourth-order valence-corrected chi connectivity index (χ4v) is 8.51. The van der Waals surface area contributed by atoms with Gasteiger partial charge in [-0.15, -0.1) is 0 Å². The van der Waals surface area contributed by atoms with Crippen LogP contribution in [0.5, 0.6) is 0 Å². The fourth-order valence-electron chi connectivity index (χ4n) is 8.51. The Bertz CT molecular complexity index is 2070. The van der Waals surface area contributed by atoms with Crippen LogP contribution >= 0.6 is 0 Å². The van der Waals surface area contributed by atoms with E-state index in [2.05, 4.69) is 15.6 Å². The molecule has 266 valence electrons. The summed E-state index contributed by atoms with van der Waals surface area (Å²) in [5.41, 5.74) is 2.85. The lowest BCUT2D eigenvalue weighted by Crippen LogP contribution is -2.56. The number of carbonyl (C=O) groups is 4. The number of pyridine rings is 1. The molecule has 2 fully saturated rings. The van der Waals surface area contributed by atoms with Gasteiger partial charge in [-0.3, -0.25) is 14.4 Å². The first-order valence-corrected chi connectivity index (χ1v) is 17.5. The molecule has 52 heavy (non-hydrogen) atoms. The van der Waals surface area contributed by atoms with Gasteiger partial charge in [0.05, 0.1) is 16.9 Å². The first kappa shape index (κ1) is 33.5. The molecule has 1 aliphatic carbocycles. The summed E-state index contributed by atoms with van der Waals surface area (Å²) in [6.45, 7) is 0.400. The van der Waals surface area contributed by atoms with E-state index in [0.29, 0.717) is 63.1 Å². The number of likely N-dealkylation sites (tertiary alicyclic amines) is 2. The number of hydrogen-bond donors (Lipinski definition) is 2. The monoisotopic (exact) mass is 705 g/mol. The van der Waals surface area contributed by atoms with Gasteiger partial charge in [-0.05, 0) is 91.1 Å². The molecule has 12 heteroatoms. The van der Waals surface area contributed by atoms with Gasteiger partial charge in [-0.2, -0.15) is 0 Å². The molecule has 4 heterocycles. The smallest absolute Gasteiger partial charge is 0.410 e. The second kappa shape index (κ2) is 13.2. The normalized spacial score (nSPS) is 21.5. The van der Waals surface area contributed by atoms with Gasteiger partial charge in [0.25, 0.3) is 0 Å². The number of halogens is 2. The minimum atomic E-state index is -0.840. The molecule has 4 amide bonds. The first-order valence-electron chi connectivity index (χ1n) is 17.5. The zero-order valence-corrected chi connectivity index (χ0v) is 28.4. The van der Waals surface area contributed by atoms with Gasteiger partial charge in [-0.25, -0.2) is 18.6 Å². The van der Waals surface area contributed by atoms with Gasteiger partial charge < -0.3 is 25.2 Å². The van der Waals surface area contributed by atoms with Crippen molar-refractivity contribution in [2.45, 2.75) is 56.6 Å². The summed E-state index contributed by atoms with van der Waals surface area (Å²) in [6, 6.07) is 21.1. The van der Waals surface area contributed by atoms with Crippen molar-refractivity contribution < 1.29 is 32.7 Å². The molecule has 10 nitrogen and oxygen atoms in total. The van der Waals surface area contributed by atoms with Crippen molar-refractivity contribution in [1.82, 2.24) is 14.8 Å². The molecule has 2 N–H and O–H groups in total. The van der Waals surface area contributed by atoms with Gasteiger partial charge in [0, 0.05) is 36.6 Å². The van der Waals surface area contributed by atoms with Crippen LogP contribution in [0.25, 0.3) is 0 Å². The Labute approximate surface area is 299 Å². The van der Waals surface area contributed by atoms with Crippen molar-refractivity contribution in [2.24, 2.45) is 5.41 Å². The average molecular weight is 706 g/mol. The molecule has 2 unspecified atom stereocenters. The number of benzene rings is 3. The zero-order chi connectivity index (χ0) is 36.0. The van der Waals surface area contributed by atoms with Crippen molar-refractivity contribution in [2.75, 3.05) is 30.3 Å². The second-order valence-electron chi connectivity index (χ2n) is 14.3. The van der Waals surface area contributed by atoms with Crippen LogP contribution < -0.4 is 10.6 Å². The van der Waals surface area contributed by atoms with Crippen molar-refractivity contribution in [3.05, 3.63) is 125 Å². The fraction of sp³-hybridized carbons (Fsp3) is 0.325. The van der Waals surface area contributed by atoms with E-state index in [-0.39, 0.29) is 30.5 Å². The molecule has 0 bridgehead atoms. The van der Waals surface area contributed by atoms with Gasteiger partial charge in [0.15, 0.2) is 0 Å². The van der Waals surface area contributed by atoms with Crippen molar-refractivity contribution in [3.8, 4) is 0 Å². The molecule has 2 spiro atoms. The molecule has 4 aromatic rings. The SMILES string of the molecule is O=C(CN1C(=O)C2(CCC1c1cc(F)cc(F)c1)CCN(C(=O)OCc1ccccc1)CC2)Nc1ccc2c(c1)CC1(C2)C(=O)Nc2ncccc21. The summed E-state index contributed by atoms with van der Waals surface area (Å²) < 4.78 is 34.4. The Balaban J connectivity index is 0.978. The molecule has 2 atom stereocenters. The lowest BCUT2D eigenvalue weighted by molar-refractivity contribution is -0.155. The Morgan fingerprint density at radius 3 is 2.42 bits per heavy atom. The van der Waals surface area contributed by atoms with Crippen molar-refractivity contribution in [3.63, 3.8) is 0 Å². The topological polar surface area (TPSA) is 121 Å². The van der Waals surface area contributed by atoms with Crippen molar-refractivity contribution in [1.29, 1.82) is 0 Å². The maximum Gasteiger partial charge on any atom is 0.410 e. The van der Waals surface area contributed by atoms with Crippen LogP contribution in [0.1, 0.15) is 59.5 Å². The molecule has 1 aromatic heterocycles. The van der Waals surface area contributed by atoms with Crippen LogP contribution in [-0.2, 0) is 44.0 Å². The maximum atomic E-state index is 14.4. The average Bonchev–Trinajstić information content (AvgIpc) is 3.65. The third-order valence-electron chi connectivity index (χ3n) is 11.2. The standard InChI is InChI=1S/C40H37F2N5O5/c41-29-17-27(18-30(42)20-29)33-10-11-39(12-15-46(16-13-39)38(51)52-24-25-5-2-1-3-6-25)37(50)47(33)23-34(48)44-31-9-8-26-21-40(22-28(26)19-31)32-7-4-14-43-35(32)45-36(40)49/h1-9,14,17-20,33H,10-13,15-16,21-24H2,(H,44,48)(H,43,45,49). The Morgan fingerprint density at radius 2 is 1.65 bits per heavy atom. The number of rotatable bonds is 6. The van der Waals surface area contributed by atoms with Crippen LogP contribution in [0.4, 0.5) is 25.1 Å². The number of aromatic nitrogens is 1. The Morgan fingerprint density at radius 1 is 0.904 bits per heavy atom. The molecule has 2 saturated heterocycles. The molecule has 3 aromatic carbocycles. The number of ether oxygens (including phenoxy) is 1. The predicted octanol–water partition coefficient (Wildman–Crippen LogP) is 6.07. The molecule has 0 saturated carbocycles. The first-order chi connectivity index (χ1) is 25.1. The van der Waals surface area contributed by atoms with Crippen LogP contribution in [0.3, 0.4) is 0 Å². The summed E-state index contributed by atoms with van der Waals surface area (Å²) in [4.78, 5) is 61.5. The number of nitrogens with one attached hydrogen (secondary N) is 2. The summed E-state index contributed by atoms with van der Waals surface area (Å²) >= 11 is 0. The van der Waals surface area contributed by atoms with Crippen molar-refractivity contribution >= 4 is 35.3 Å². The Kier molecular flexibility index (Phi) is 8.47. The van der Waals surface area contributed by atoms with Gasteiger partial charge in [-0.1, -0.05) is 42.5 Å². The number of hydrogen-bond acceptors (Lipinski definition) is 6. The highest BCUT2D eigenvalue weighted by atomic mass is 19.1. The highest BCUT2D eigenvalue weighted by molar-refractivity contribution is 6.06. The quantitative estimate of drug-likeness (QED) is 0.251. The summed E-state index contributed by atoms with van der Waals surface area (Å²) in [5, 5.41) is 5.82. The number of fused-ring (bicyclic) bond motifs is 3. The van der Waals surface area contributed by atoms with E-state index in [0.717, 1.165) is 28.3 Å². The van der Waals surface area contributed by atoms with E-state index in [1.807, 2.05) is 54.6 Å². The minimum absolute atomic E-state index is 0.102. The molecule has 4 aliphatic rings. The lowest BCUT2D eigenvalue weighted by atomic mass is 9.69. The highest BCUT2D eigenvalue weighted by Crippen LogP contribution is 2.48. The number of nitrogens with zero attached hydrogens (tertiary/aromatic N) is 3. The van der Waals surface area contributed by atoms with E-state index < -0.39 is 40.5 Å². The molecule has 3 aliphatic heterocycles. The number of carbonyl (C=O) groups excluding carboxylic acids is 4. The van der Waals surface area contributed by atoms with Crippen LogP contribution in [0.15, 0.2) is 85.1 Å². The largest absolute Gasteiger partial charge is 0.445 e. The predicted molar refractivity (Wildman–Crippen MR) is 187 cm³/mol. The maximum absolute atomic E-state index is 14.4. The Hall–Kier alpha value is -5.65. The number of amides is 4. The van der Waals surface area contributed by atoms with Gasteiger partial charge in [0.1, 0.15) is 30.6 Å². The molecule has 0 radical (unpaired) electrons. The zero-order valence-electron chi connectivity index (χ0n) is 28.4. The van der Waals surface area contributed by atoms with Gasteiger partial charge in [0.2, 0.25) is 17.7 Å². The van der Waals surface area contributed by atoms with E-state index in [4.69, 9.17) is 4.74 Å². The van der Waals surface area contributed by atoms with Crippen LogP contribution in [0, 0.1) is 17.0 Å². The van der Waals surface area contributed by atoms with Crippen LogP contribution in [-0.4, -0.2) is 58.2 Å². The summed E-state index contributed by atoms with van der Waals surface area (Å²) in [5.74, 6) is -1.81. The highest BCUT2D eigenvalue weighted by Gasteiger charge is 2.52. The summed E-state index contributed by atoms with van der Waals surface area (Å²) in [6.07, 6.45) is 3.72. The second-order valence-corrected chi connectivity index (χ2v) is 14.3. The number of piperidine rings is 2. The lowest BCUT2D eigenvalue weighted by Gasteiger charge is -2.49.